The number of ether oxygens (including phenoxy) is 1. The highest BCUT2D eigenvalue weighted by atomic mass is 35.5. The van der Waals surface area contributed by atoms with Gasteiger partial charge in [0.15, 0.2) is 0 Å². The van der Waals surface area contributed by atoms with Gasteiger partial charge in [-0.05, 0) is 60.5 Å². The first kappa shape index (κ1) is 24.2. The van der Waals surface area contributed by atoms with Crippen LogP contribution in [0.3, 0.4) is 0 Å². The van der Waals surface area contributed by atoms with Gasteiger partial charge < -0.3 is 15.4 Å². The van der Waals surface area contributed by atoms with Gasteiger partial charge in [0.05, 0.1) is 13.0 Å². The molecule has 0 aliphatic carbocycles. The van der Waals surface area contributed by atoms with Crippen LogP contribution in [-0.2, 0) is 20.7 Å². The zero-order valence-corrected chi connectivity index (χ0v) is 18.7. The first-order valence-electron chi connectivity index (χ1n) is 10.6. The molecule has 164 valence electrons. The zero-order chi connectivity index (χ0) is 20.6. The van der Waals surface area contributed by atoms with Crippen molar-refractivity contribution in [2.24, 2.45) is 17.8 Å². The summed E-state index contributed by atoms with van der Waals surface area (Å²) in [5.41, 5.74) is 1.06. The van der Waals surface area contributed by atoms with Crippen LogP contribution in [0.5, 0.6) is 0 Å². The van der Waals surface area contributed by atoms with Gasteiger partial charge in [0.25, 0.3) is 0 Å². The Balaban J connectivity index is 0.00000320. The van der Waals surface area contributed by atoms with E-state index in [4.69, 9.17) is 4.74 Å². The summed E-state index contributed by atoms with van der Waals surface area (Å²) in [7, 11) is 1.40. The van der Waals surface area contributed by atoms with Crippen LogP contribution in [0.15, 0.2) is 42.5 Å². The van der Waals surface area contributed by atoms with E-state index in [9.17, 15) is 9.59 Å². The van der Waals surface area contributed by atoms with E-state index >= 15 is 0 Å². The lowest BCUT2D eigenvalue weighted by molar-refractivity contribution is -0.145. The minimum absolute atomic E-state index is 0. The molecule has 3 rings (SSSR count). The van der Waals surface area contributed by atoms with Gasteiger partial charge in [-0.2, -0.15) is 0 Å². The molecule has 6 heteroatoms. The van der Waals surface area contributed by atoms with E-state index in [0.29, 0.717) is 31.2 Å². The van der Waals surface area contributed by atoms with Gasteiger partial charge in [0.1, 0.15) is 0 Å². The highest BCUT2D eigenvalue weighted by Crippen LogP contribution is 2.22. The Bertz CT molecular complexity index is 836. The van der Waals surface area contributed by atoms with Crippen LogP contribution in [0.4, 0.5) is 0 Å². The van der Waals surface area contributed by atoms with Gasteiger partial charge in [0.2, 0.25) is 5.91 Å². The minimum Gasteiger partial charge on any atom is -0.469 e. The van der Waals surface area contributed by atoms with Crippen molar-refractivity contribution in [3.8, 4) is 0 Å². The van der Waals surface area contributed by atoms with Crippen LogP contribution >= 0.6 is 12.4 Å². The second-order valence-electron chi connectivity index (χ2n) is 8.20. The Morgan fingerprint density at radius 2 is 1.97 bits per heavy atom. The third-order valence-corrected chi connectivity index (χ3v) is 6.02. The Kier molecular flexibility index (Phi) is 9.60. The van der Waals surface area contributed by atoms with Crippen molar-refractivity contribution in [1.82, 2.24) is 10.6 Å². The number of methoxy groups -OCH3 is 1. The second kappa shape index (κ2) is 11.9. The number of hydrogen-bond donors (Lipinski definition) is 2. The van der Waals surface area contributed by atoms with E-state index in [1.165, 1.54) is 25.3 Å². The highest BCUT2D eigenvalue weighted by molar-refractivity contribution is 5.85. The summed E-state index contributed by atoms with van der Waals surface area (Å²) in [6, 6.07) is 14.4. The van der Waals surface area contributed by atoms with E-state index in [1.54, 1.807) is 0 Å². The number of carbonyl (C=O) groups excluding carboxylic acids is 2. The number of amides is 1. The minimum atomic E-state index is -0.392. The van der Waals surface area contributed by atoms with Crippen LogP contribution in [0.1, 0.15) is 31.7 Å². The molecule has 1 aliphatic heterocycles. The van der Waals surface area contributed by atoms with Crippen molar-refractivity contribution in [1.29, 1.82) is 0 Å². The predicted octanol–water partition coefficient (Wildman–Crippen LogP) is 3.74. The first-order valence-corrected chi connectivity index (χ1v) is 10.6. The van der Waals surface area contributed by atoms with Crippen molar-refractivity contribution >= 4 is 35.1 Å². The lowest BCUT2D eigenvalue weighted by Crippen LogP contribution is -2.38. The van der Waals surface area contributed by atoms with Crippen LogP contribution in [0, 0.1) is 17.8 Å². The van der Waals surface area contributed by atoms with Gasteiger partial charge in [-0.3, -0.25) is 9.59 Å². The van der Waals surface area contributed by atoms with Gasteiger partial charge in [-0.1, -0.05) is 49.4 Å². The molecule has 3 atom stereocenters. The van der Waals surface area contributed by atoms with Crippen molar-refractivity contribution in [2.75, 3.05) is 26.7 Å². The summed E-state index contributed by atoms with van der Waals surface area (Å²) < 4.78 is 4.98. The number of rotatable bonds is 8. The number of esters is 1. The number of halogens is 1. The fourth-order valence-corrected chi connectivity index (χ4v) is 4.19. The van der Waals surface area contributed by atoms with Gasteiger partial charge >= 0.3 is 5.97 Å². The summed E-state index contributed by atoms with van der Waals surface area (Å²) in [5, 5.41) is 8.69. The zero-order valence-electron chi connectivity index (χ0n) is 17.9. The Morgan fingerprint density at radius 1 is 1.20 bits per heavy atom. The Labute approximate surface area is 185 Å². The summed E-state index contributed by atoms with van der Waals surface area (Å²) in [6.45, 7) is 4.50. The third-order valence-electron chi connectivity index (χ3n) is 6.02. The van der Waals surface area contributed by atoms with Crippen molar-refractivity contribution < 1.29 is 14.3 Å². The van der Waals surface area contributed by atoms with E-state index in [0.717, 1.165) is 24.0 Å². The molecule has 1 fully saturated rings. The summed E-state index contributed by atoms with van der Waals surface area (Å²) >= 11 is 0. The van der Waals surface area contributed by atoms with Crippen molar-refractivity contribution in [2.45, 2.75) is 32.6 Å². The average molecular weight is 433 g/mol. The molecule has 0 saturated carbocycles. The maximum Gasteiger partial charge on any atom is 0.310 e. The number of hydrogen-bond acceptors (Lipinski definition) is 4. The van der Waals surface area contributed by atoms with Crippen LogP contribution in [0.2, 0.25) is 0 Å². The molecule has 1 aliphatic rings. The molecule has 0 spiro atoms. The Hall–Kier alpha value is -2.11. The molecule has 1 saturated heterocycles. The number of piperidine rings is 1. The molecule has 3 unspecified atom stereocenters. The number of benzene rings is 2. The van der Waals surface area contributed by atoms with E-state index in [2.05, 4.69) is 41.8 Å². The highest BCUT2D eigenvalue weighted by Gasteiger charge is 2.24. The van der Waals surface area contributed by atoms with Gasteiger partial charge in [-0.15, -0.1) is 12.4 Å². The number of nitrogens with one attached hydrogen (secondary N) is 2. The molecule has 0 bridgehead atoms. The maximum absolute atomic E-state index is 12.5. The van der Waals surface area contributed by atoms with Gasteiger partial charge in [-0.25, -0.2) is 0 Å². The summed E-state index contributed by atoms with van der Waals surface area (Å²) in [5.74, 6) is 0.207. The molecular formula is C24H33ClN2O3. The van der Waals surface area contributed by atoms with Crippen molar-refractivity contribution in [3.05, 3.63) is 48.0 Å². The molecule has 2 aromatic carbocycles. The lowest BCUT2D eigenvalue weighted by Gasteiger charge is -2.28. The molecule has 1 amide bonds. The third kappa shape index (κ3) is 6.71. The molecule has 0 aromatic heterocycles. The van der Waals surface area contributed by atoms with E-state index < -0.39 is 5.92 Å². The molecule has 2 aromatic rings. The number of fused-ring (bicyclic) bond motifs is 1. The summed E-state index contributed by atoms with van der Waals surface area (Å²) in [4.78, 5) is 24.7. The van der Waals surface area contributed by atoms with Crippen LogP contribution in [-0.4, -0.2) is 38.6 Å². The Morgan fingerprint density at radius 3 is 2.67 bits per heavy atom. The normalized spacial score (nSPS) is 18.1. The van der Waals surface area contributed by atoms with Crippen molar-refractivity contribution in [3.63, 3.8) is 0 Å². The largest absolute Gasteiger partial charge is 0.469 e. The molecule has 1 heterocycles. The maximum atomic E-state index is 12.5. The smallest absolute Gasteiger partial charge is 0.310 e. The van der Waals surface area contributed by atoms with E-state index in [1.807, 2.05) is 18.2 Å². The average Bonchev–Trinajstić information content (AvgIpc) is 2.76. The van der Waals surface area contributed by atoms with Gasteiger partial charge in [0, 0.05) is 13.0 Å². The molecule has 30 heavy (non-hydrogen) atoms. The first-order chi connectivity index (χ1) is 14.1. The topological polar surface area (TPSA) is 67.4 Å². The molecule has 2 N–H and O–H groups in total. The quantitative estimate of drug-likeness (QED) is 0.623. The fourth-order valence-electron chi connectivity index (χ4n) is 4.19. The molecule has 5 nitrogen and oxygen atoms in total. The van der Waals surface area contributed by atoms with Crippen LogP contribution in [0.25, 0.3) is 10.8 Å². The predicted molar refractivity (Wildman–Crippen MR) is 123 cm³/mol. The van der Waals surface area contributed by atoms with Crippen LogP contribution < -0.4 is 10.6 Å². The molecular weight excluding hydrogens is 400 g/mol. The molecule has 0 radical (unpaired) electrons. The monoisotopic (exact) mass is 432 g/mol. The standard InChI is InChI=1S/C24H32N2O3.ClH/c1-17(21-8-5-11-25-15-21)12-23(27)26-16-22(24(28)29-2)14-18-9-10-19-6-3-4-7-20(19)13-18;/h3-4,6-7,9-10,13,17,21-22,25H,5,8,11-12,14-16H2,1-2H3,(H,26,27);1H. The fraction of sp³-hybridized carbons (Fsp3) is 0.500. The SMILES string of the molecule is COC(=O)C(CNC(=O)CC(C)C1CCCNC1)Cc1ccc2ccccc2c1.Cl. The second-order valence-corrected chi connectivity index (χ2v) is 8.20. The number of carbonyl (C=O) groups is 2. The lowest BCUT2D eigenvalue weighted by atomic mass is 9.85. The van der Waals surface area contributed by atoms with E-state index in [-0.39, 0.29) is 24.3 Å². The summed E-state index contributed by atoms with van der Waals surface area (Å²) in [6.07, 6.45) is 3.39.